The molecule has 5 nitrogen and oxygen atoms in total. The molecule has 0 saturated heterocycles. The van der Waals surface area contributed by atoms with Crippen LogP contribution >= 0.6 is 15.9 Å². The van der Waals surface area contributed by atoms with Gasteiger partial charge in [-0.1, -0.05) is 28.9 Å². The fourth-order valence-electron chi connectivity index (χ4n) is 1.63. The first-order valence-electron chi connectivity index (χ1n) is 6.40. The van der Waals surface area contributed by atoms with E-state index in [-0.39, 0.29) is 12.3 Å². The maximum Gasteiger partial charge on any atom is 0.229 e. The number of rotatable bonds is 6. The summed E-state index contributed by atoms with van der Waals surface area (Å²) in [7, 11) is 0. The lowest BCUT2D eigenvalue weighted by Gasteiger charge is -2.06. The van der Waals surface area contributed by atoms with Crippen LogP contribution in [0.25, 0.3) is 0 Å². The van der Waals surface area contributed by atoms with Gasteiger partial charge in [0, 0.05) is 16.2 Å². The number of aromatic nitrogens is 2. The number of aromatic amines is 1. The van der Waals surface area contributed by atoms with E-state index >= 15 is 0 Å². The van der Waals surface area contributed by atoms with Crippen molar-refractivity contribution in [3.05, 3.63) is 40.5 Å². The number of amides is 1. The summed E-state index contributed by atoms with van der Waals surface area (Å²) in [5.74, 6) is 1.17. The summed E-state index contributed by atoms with van der Waals surface area (Å²) in [6.07, 6.45) is 1.13. The molecule has 0 radical (unpaired) electrons. The Balaban J connectivity index is 1.75. The fraction of sp³-hybridized carbons (Fsp3) is 0.286. The zero-order valence-electron chi connectivity index (χ0n) is 11.1. The number of H-pyrrole nitrogens is 1. The van der Waals surface area contributed by atoms with Crippen LogP contribution in [0.4, 0.5) is 5.82 Å². The van der Waals surface area contributed by atoms with Crippen LogP contribution in [0.2, 0.25) is 0 Å². The van der Waals surface area contributed by atoms with Crippen molar-refractivity contribution < 1.29 is 9.53 Å². The van der Waals surface area contributed by atoms with Crippen molar-refractivity contribution >= 4 is 27.7 Å². The number of hydrogen-bond donors (Lipinski definition) is 2. The van der Waals surface area contributed by atoms with E-state index in [1.807, 2.05) is 37.3 Å². The monoisotopic (exact) mass is 337 g/mol. The lowest BCUT2D eigenvalue weighted by molar-refractivity contribution is -0.116. The maximum atomic E-state index is 11.7. The van der Waals surface area contributed by atoms with Gasteiger partial charge in [-0.3, -0.25) is 9.89 Å². The van der Waals surface area contributed by atoms with E-state index in [4.69, 9.17) is 4.74 Å². The molecule has 1 aromatic carbocycles. The molecule has 0 fully saturated rings. The molecule has 0 bridgehead atoms. The molecular formula is C14H16BrN3O2. The minimum atomic E-state index is -0.117. The average Bonchev–Trinajstić information content (AvgIpc) is 2.86. The standard InChI is InChI=1S/C14H16BrN3O2/c1-2-11-9-13(18-17-11)16-14(19)6-7-20-12-5-3-4-10(15)8-12/h3-5,8-9H,2,6-7H2,1H3,(H2,16,17,18,19). The SMILES string of the molecule is CCc1cc(NC(=O)CCOc2cccc(Br)c2)n[nH]1. The highest BCUT2D eigenvalue weighted by Crippen LogP contribution is 2.17. The minimum Gasteiger partial charge on any atom is -0.493 e. The number of ether oxygens (including phenoxy) is 1. The lowest BCUT2D eigenvalue weighted by atomic mass is 10.3. The third kappa shape index (κ3) is 4.38. The van der Waals surface area contributed by atoms with Crippen molar-refractivity contribution in [2.24, 2.45) is 0 Å². The summed E-state index contributed by atoms with van der Waals surface area (Å²) < 4.78 is 6.45. The third-order valence-corrected chi connectivity index (χ3v) is 3.17. The smallest absolute Gasteiger partial charge is 0.229 e. The van der Waals surface area contributed by atoms with E-state index in [0.717, 1.165) is 22.3 Å². The second-order valence-electron chi connectivity index (χ2n) is 4.24. The van der Waals surface area contributed by atoms with Gasteiger partial charge in [0.25, 0.3) is 0 Å². The van der Waals surface area contributed by atoms with E-state index in [0.29, 0.717) is 12.4 Å². The summed E-state index contributed by atoms with van der Waals surface area (Å²) in [5.41, 5.74) is 0.991. The zero-order chi connectivity index (χ0) is 14.4. The van der Waals surface area contributed by atoms with E-state index < -0.39 is 0 Å². The largest absolute Gasteiger partial charge is 0.493 e. The molecule has 0 unspecified atom stereocenters. The van der Waals surface area contributed by atoms with Gasteiger partial charge in [0.15, 0.2) is 5.82 Å². The number of carbonyl (C=O) groups excluding carboxylic acids is 1. The topological polar surface area (TPSA) is 67.0 Å². The van der Waals surface area contributed by atoms with Crippen molar-refractivity contribution in [3.8, 4) is 5.75 Å². The van der Waals surface area contributed by atoms with Crippen molar-refractivity contribution in [2.45, 2.75) is 19.8 Å². The van der Waals surface area contributed by atoms with Gasteiger partial charge >= 0.3 is 0 Å². The molecule has 0 aliphatic heterocycles. The van der Waals surface area contributed by atoms with Crippen LogP contribution in [0.15, 0.2) is 34.8 Å². The highest BCUT2D eigenvalue weighted by atomic mass is 79.9. The first-order valence-corrected chi connectivity index (χ1v) is 7.19. The number of benzene rings is 1. The molecular weight excluding hydrogens is 322 g/mol. The van der Waals surface area contributed by atoms with Crippen LogP contribution in [-0.4, -0.2) is 22.7 Å². The molecule has 1 aromatic heterocycles. The number of hydrogen-bond acceptors (Lipinski definition) is 3. The Hall–Kier alpha value is -1.82. The number of nitrogens with one attached hydrogen (secondary N) is 2. The molecule has 2 aromatic rings. The Labute approximate surface area is 125 Å². The second kappa shape index (κ2) is 7.09. The number of halogens is 1. The van der Waals surface area contributed by atoms with Gasteiger partial charge in [0.05, 0.1) is 13.0 Å². The highest BCUT2D eigenvalue weighted by molar-refractivity contribution is 9.10. The molecule has 6 heteroatoms. The predicted molar refractivity (Wildman–Crippen MR) is 80.8 cm³/mol. The Bertz CT molecular complexity index is 583. The molecule has 0 spiro atoms. The fourth-order valence-corrected chi connectivity index (χ4v) is 2.01. The molecule has 2 rings (SSSR count). The summed E-state index contributed by atoms with van der Waals surface area (Å²) in [6, 6.07) is 9.34. The van der Waals surface area contributed by atoms with Crippen LogP contribution in [0.5, 0.6) is 5.75 Å². The Kier molecular flexibility index (Phi) is 5.17. The first kappa shape index (κ1) is 14.6. The van der Waals surface area contributed by atoms with Gasteiger partial charge < -0.3 is 10.1 Å². The Morgan fingerprint density at radius 1 is 1.45 bits per heavy atom. The maximum absolute atomic E-state index is 11.7. The van der Waals surface area contributed by atoms with Gasteiger partial charge in [-0.25, -0.2) is 0 Å². The van der Waals surface area contributed by atoms with Gasteiger partial charge in [-0.15, -0.1) is 0 Å². The Morgan fingerprint density at radius 3 is 3.00 bits per heavy atom. The minimum absolute atomic E-state index is 0.117. The van der Waals surface area contributed by atoms with E-state index in [9.17, 15) is 4.79 Å². The molecule has 1 amide bonds. The third-order valence-electron chi connectivity index (χ3n) is 2.67. The van der Waals surface area contributed by atoms with E-state index in [2.05, 4.69) is 31.4 Å². The molecule has 1 heterocycles. The molecule has 20 heavy (non-hydrogen) atoms. The second-order valence-corrected chi connectivity index (χ2v) is 5.15. The normalized spacial score (nSPS) is 10.3. The van der Waals surface area contributed by atoms with Crippen molar-refractivity contribution in [3.63, 3.8) is 0 Å². The number of nitrogens with zero attached hydrogens (tertiary/aromatic N) is 1. The van der Waals surface area contributed by atoms with Crippen molar-refractivity contribution in [1.29, 1.82) is 0 Å². The van der Waals surface area contributed by atoms with Gasteiger partial charge in [0.1, 0.15) is 5.75 Å². The number of anilines is 1. The molecule has 2 N–H and O–H groups in total. The lowest BCUT2D eigenvalue weighted by Crippen LogP contribution is -2.15. The summed E-state index contributed by atoms with van der Waals surface area (Å²) in [4.78, 5) is 11.7. The molecule has 0 atom stereocenters. The highest BCUT2D eigenvalue weighted by Gasteiger charge is 2.06. The zero-order valence-corrected chi connectivity index (χ0v) is 12.7. The van der Waals surface area contributed by atoms with Crippen LogP contribution < -0.4 is 10.1 Å². The number of aryl methyl sites for hydroxylation is 1. The molecule has 0 aliphatic rings. The predicted octanol–water partition coefficient (Wildman–Crippen LogP) is 3.14. The van der Waals surface area contributed by atoms with Crippen molar-refractivity contribution in [1.82, 2.24) is 10.2 Å². The first-order chi connectivity index (χ1) is 9.67. The van der Waals surface area contributed by atoms with Gasteiger partial charge in [-0.05, 0) is 24.6 Å². The summed E-state index contributed by atoms with van der Waals surface area (Å²) in [6.45, 7) is 2.35. The molecule has 0 aliphatic carbocycles. The van der Waals surface area contributed by atoms with Crippen LogP contribution in [0, 0.1) is 0 Å². The molecule has 106 valence electrons. The van der Waals surface area contributed by atoms with Crippen LogP contribution in [0.3, 0.4) is 0 Å². The van der Waals surface area contributed by atoms with Crippen LogP contribution in [0.1, 0.15) is 19.0 Å². The van der Waals surface area contributed by atoms with Crippen LogP contribution in [-0.2, 0) is 11.2 Å². The van der Waals surface area contributed by atoms with E-state index in [1.165, 1.54) is 0 Å². The average molecular weight is 338 g/mol. The van der Waals surface area contributed by atoms with Crippen molar-refractivity contribution in [2.75, 3.05) is 11.9 Å². The Morgan fingerprint density at radius 2 is 2.30 bits per heavy atom. The number of carbonyl (C=O) groups is 1. The summed E-state index contributed by atoms with van der Waals surface area (Å²) >= 11 is 3.37. The van der Waals surface area contributed by atoms with Gasteiger partial charge in [0.2, 0.25) is 5.91 Å². The van der Waals surface area contributed by atoms with E-state index in [1.54, 1.807) is 0 Å². The van der Waals surface area contributed by atoms with Gasteiger partial charge in [-0.2, -0.15) is 5.10 Å². The quantitative estimate of drug-likeness (QED) is 0.850. The molecule has 0 saturated carbocycles. The summed E-state index contributed by atoms with van der Waals surface area (Å²) in [5, 5.41) is 9.57.